The van der Waals surface area contributed by atoms with Crippen molar-refractivity contribution in [2.75, 3.05) is 0 Å². The maximum absolute atomic E-state index is 10.7. The van der Waals surface area contributed by atoms with Gasteiger partial charge in [-0.3, -0.25) is 4.99 Å². The smallest absolute Gasteiger partial charge is 0.126 e. The Bertz CT molecular complexity index is 2600. The van der Waals surface area contributed by atoms with Crippen LogP contribution in [0.4, 0.5) is 5.69 Å². The molecule has 0 bridgehead atoms. The molecule has 0 saturated heterocycles. The number of phenols is 1. The number of thiazole rings is 1. The number of phenolic OH excluding ortho intramolecular Hbond substituents is 1. The summed E-state index contributed by atoms with van der Waals surface area (Å²) in [7, 11) is 0. The summed E-state index contributed by atoms with van der Waals surface area (Å²) < 4.78 is 1.12. The molecule has 0 saturated carbocycles. The van der Waals surface area contributed by atoms with Crippen LogP contribution < -0.4 is 0 Å². The summed E-state index contributed by atoms with van der Waals surface area (Å²) in [5.74, 6) is 0.212. The van der Waals surface area contributed by atoms with Crippen LogP contribution >= 0.6 is 11.3 Å². The molecular formula is C49H42N2OS. The van der Waals surface area contributed by atoms with Gasteiger partial charge in [0.05, 0.1) is 15.9 Å². The van der Waals surface area contributed by atoms with Crippen LogP contribution in [0.1, 0.15) is 50.8 Å². The summed E-state index contributed by atoms with van der Waals surface area (Å²) in [5, 5.41) is 14.0. The van der Waals surface area contributed by atoms with E-state index in [1.807, 2.05) is 30.3 Å². The molecule has 8 rings (SSSR count). The Morgan fingerprint density at radius 1 is 0.660 bits per heavy atom. The fraction of sp³-hybridized carbons (Fsp3) is 0.143. The molecule has 0 amide bonds. The minimum absolute atomic E-state index is 0.0434. The molecule has 8 aromatic rings. The molecule has 0 spiro atoms. The minimum Gasteiger partial charge on any atom is -0.507 e. The number of aliphatic imine (C=N–C) groups is 1. The lowest BCUT2D eigenvalue weighted by molar-refractivity contribution is 0.473. The topological polar surface area (TPSA) is 45.5 Å². The molecule has 0 aliphatic rings. The fourth-order valence-corrected chi connectivity index (χ4v) is 8.08. The van der Waals surface area contributed by atoms with Gasteiger partial charge < -0.3 is 5.11 Å². The molecular weight excluding hydrogens is 665 g/mol. The SMILES string of the molecule is CCCc1ccc(-c2ccc(-c3cc(-c4cccc5ccccc45)c4nc(-c5ccccc5N=Cc5cc(C(C)(C)C)ccc5O)sc4c3)cc2)cc1. The molecule has 4 heteroatoms. The molecule has 0 fully saturated rings. The molecule has 53 heavy (non-hydrogen) atoms. The van der Waals surface area contributed by atoms with Gasteiger partial charge in [0.15, 0.2) is 0 Å². The Balaban J connectivity index is 1.23. The number of rotatable bonds is 8. The van der Waals surface area contributed by atoms with E-state index >= 15 is 0 Å². The largest absolute Gasteiger partial charge is 0.507 e. The molecule has 7 aromatic carbocycles. The van der Waals surface area contributed by atoms with E-state index in [1.54, 1.807) is 23.6 Å². The average Bonchev–Trinajstić information content (AvgIpc) is 3.61. The van der Waals surface area contributed by atoms with E-state index in [9.17, 15) is 5.11 Å². The number of hydrogen-bond acceptors (Lipinski definition) is 4. The van der Waals surface area contributed by atoms with E-state index in [4.69, 9.17) is 9.98 Å². The minimum atomic E-state index is -0.0434. The Morgan fingerprint density at radius 2 is 1.32 bits per heavy atom. The van der Waals surface area contributed by atoms with Crippen LogP contribution in [0.3, 0.4) is 0 Å². The third-order valence-electron chi connectivity index (χ3n) is 9.99. The molecule has 1 aromatic heterocycles. The highest BCUT2D eigenvalue weighted by molar-refractivity contribution is 7.21. The average molecular weight is 707 g/mol. The number of hydrogen-bond donors (Lipinski definition) is 1. The lowest BCUT2D eigenvalue weighted by Gasteiger charge is -2.19. The number of aromatic nitrogens is 1. The number of nitrogens with zero attached hydrogens (tertiary/aromatic N) is 2. The summed E-state index contributed by atoms with van der Waals surface area (Å²) in [6.07, 6.45) is 4.02. The normalized spacial score (nSPS) is 11.9. The quantitative estimate of drug-likeness (QED) is 0.160. The number of fused-ring (bicyclic) bond motifs is 2. The van der Waals surface area contributed by atoms with E-state index in [2.05, 4.69) is 137 Å². The van der Waals surface area contributed by atoms with Crippen molar-refractivity contribution in [2.24, 2.45) is 4.99 Å². The van der Waals surface area contributed by atoms with Crippen molar-refractivity contribution in [3.05, 3.63) is 162 Å². The predicted octanol–water partition coefficient (Wildman–Crippen LogP) is 13.8. The van der Waals surface area contributed by atoms with Crippen LogP contribution in [0, 0.1) is 0 Å². The predicted molar refractivity (Wildman–Crippen MR) is 227 cm³/mol. The lowest BCUT2D eigenvalue weighted by atomic mass is 9.86. The zero-order chi connectivity index (χ0) is 36.5. The van der Waals surface area contributed by atoms with Crippen LogP contribution in [-0.2, 0) is 11.8 Å². The maximum Gasteiger partial charge on any atom is 0.126 e. The molecule has 1 heterocycles. The van der Waals surface area contributed by atoms with Crippen molar-refractivity contribution in [2.45, 2.75) is 46.0 Å². The molecule has 1 N–H and O–H groups in total. The summed E-state index contributed by atoms with van der Waals surface area (Å²) in [6.45, 7) is 8.73. The summed E-state index contributed by atoms with van der Waals surface area (Å²) in [6, 6.07) is 51.4. The molecule has 0 aliphatic heterocycles. The van der Waals surface area contributed by atoms with Crippen LogP contribution in [0.5, 0.6) is 5.75 Å². The van der Waals surface area contributed by atoms with Gasteiger partial charge >= 0.3 is 0 Å². The van der Waals surface area contributed by atoms with Crippen molar-refractivity contribution in [1.29, 1.82) is 0 Å². The van der Waals surface area contributed by atoms with Gasteiger partial charge in [0.1, 0.15) is 10.8 Å². The van der Waals surface area contributed by atoms with E-state index in [-0.39, 0.29) is 11.2 Å². The van der Waals surface area contributed by atoms with Crippen molar-refractivity contribution >= 4 is 44.2 Å². The molecule has 260 valence electrons. The Hall–Kier alpha value is -5.84. The van der Waals surface area contributed by atoms with Crippen LogP contribution in [0.15, 0.2) is 151 Å². The lowest BCUT2D eigenvalue weighted by Crippen LogP contribution is -2.11. The van der Waals surface area contributed by atoms with Gasteiger partial charge in [0.25, 0.3) is 0 Å². The van der Waals surface area contributed by atoms with Gasteiger partial charge in [-0.1, -0.05) is 143 Å². The molecule has 0 unspecified atom stereocenters. The summed E-state index contributed by atoms with van der Waals surface area (Å²) in [5.41, 5.74) is 12.9. The zero-order valence-electron chi connectivity index (χ0n) is 30.6. The number of aryl methyl sites for hydroxylation is 1. The second-order valence-electron chi connectivity index (χ2n) is 14.7. The number of aromatic hydroxyl groups is 1. The summed E-state index contributed by atoms with van der Waals surface area (Å²) in [4.78, 5) is 10.3. The van der Waals surface area contributed by atoms with Gasteiger partial charge in [-0.2, -0.15) is 0 Å². The van der Waals surface area contributed by atoms with Crippen molar-refractivity contribution < 1.29 is 5.11 Å². The second kappa shape index (κ2) is 14.3. The third-order valence-corrected chi connectivity index (χ3v) is 11.0. The van der Waals surface area contributed by atoms with Crippen LogP contribution in [-0.4, -0.2) is 16.3 Å². The Morgan fingerprint density at radius 3 is 2.08 bits per heavy atom. The first-order valence-electron chi connectivity index (χ1n) is 18.3. The van der Waals surface area contributed by atoms with Gasteiger partial charge in [-0.05, 0) is 98.0 Å². The molecule has 3 nitrogen and oxygen atoms in total. The van der Waals surface area contributed by atoms with Crippen molar-refractivity contribution in [3.63, 3.8) is 0 Å². The zero-order valence-corrected chi connectivity index (χ0v) is 31.4. The molecule has 0 aliphatic carbocycles. The van der Waals surface area contributed by atoms with Gasteiger partial charge in [-0.25, -0.2) is 4.98 Å². The second-order valence-corrected chi connectivity index (χ2v) is 15.8. The first-order valence-corrected chi connectivity index (χ1v) is 19.2. The van der Waals surface area contributed by atoms with Crippen molar-refractivity contribution in [3.8, 4) is 49.7 Å². The van der Waals surface area contributed by atoms with E-state index in [1.165, 1.54) is 27.5 Å². The fourth-order valence-electron chi connectivity index (χ4n) is 7.02. The number of benzene rings is 7. The first kappa shape index (κ1) is 34.3. The van der Waals surface area contributed by atoms with E-state index < -0.39 is 0 Å². The monoisotopic (exact) mass is 706 g/mol. The Labute approximate surface area is 316 Å². The highest BCUT2D eigenvalue weighted by atomic mass is 32.1. The van der Waals surface area contributed by atoms with Gasteiger partial charge in [-0.15, -0.1) is 11.3 Å². The molecule has 0 radical (unpaired) electrons. The first-order chi connectivity index (χ1) is 25.7. The maximum atomic E-state index is 10.7. The van der Waals surface area contributed by atoms with Crippen molar-refractivity contribution in [1.82, 2.24) is 4.98 Å². The van der Waals surface area contributed by atoms with Gasteiger partial charge in [0.2, 0.25) is 0 Å². The molecule has 0 atom stereocenters. The number of para-hydroxylation sites is 1. The van der Waals surface area contributed by atoms with E-state index in [0.29, 0.717) is 5.56 Å². The standard InChI is InChI=1S/C49H42N2OS/c1-5-11-32-18-20-33(21-19-32)34-22-24-35(25-23-34)37-29-43(41-16-10-13-36-12-6-7-14-40(36)41)47-46(30-37)53-48(51-47)42-15-8-9-17-44(42)50-31-38-28-39(49(2,3)4)26-27-45(38)52/h6-10,12-31,52H,5,11H2,1-4H3. The highest BCUT2D eigenvalue weighted by Crippen LogP contribution is 2.43. The highest BCUT2D eigenvalue weighted by Gasteiger charge is 2.18. The van der Waals surface area contributed by atoms with Crippen LogP contribution in [0.25, 0.3) is 64.9 Å². The third kappa shape index (κ3) is 7.03. The van der Waals surface area contributed by atoms with Crippen LogP contribution in [0.2, 0.25) is 0 Å². The summed E-state index contributed by atoms with van der Waals surface area (Å²) >= 11 is 1.69. The van der Waals surface area contributed by atoms with Gasteiger partial charge in [0, 0.05) is 22.9 Å². The van der Waals surface area contributed by atoms with E-state index in [0.717, 1.165) is 67.1 Å². The Kier molecular flexibility index (Phi) is 9.24.